The van der Waals surface area contributed by atoms with Gasteiger partial charge in [-0.3, -0.25) is 0 Å². The maximum atomic E-state index is 2.32. The highest BCUT2D eigenvalue weighted by Crippen LogP contribution is 2.41. The molecular formula is C50H30. The van der Waals surface area contributed by atoms with Crippen LogP contribution in [-0.2, 0) is 0 Å². The molecule has 0 aliphatic heterocycles. The third-order valence-corrected chi connectivity index (χ3v) is 11.0. The van der Waals surface area contributed by atoms with Gasteiger partial charge in [0.05, 0.1) is 0 Å². The lowest BCUT2D eigenvalue weighted by Crippen LogP contribution is -1.88. The van der Waals surface area contributed by atoms with Crippen LogP contribution in [-0.4, -0.2) is 0 Å². The van der Waals surface area contributed by atoms with E-state index in [1.807, 2.05) is 0 Å². The van der Waals surface area contributed by atoms with Gasteiger partial charge in [0, 0.05) is 0 Å². The monoisotopic (exact) mass is 630 g/mol. The molecule has 0 heteroatoms. The lowest BCUT2D eigenvalue weighted by Gasteiger charge is -2.15. The zero-order valence-corrected chi connectivity index (χ0v) is 27.3. The molecule has 0 spiro atoms. The van der Waals surface area contributed by atoms with Gasteiger partial charge in [-0.1, -0.05) is 176 Å². The van der Waals surface area contributed by atoms with E-state index in [1.165, 1.54) is 109 Å². The fourth-order valence-electron chi connectivity index (χ4n) is 8.54. The minimum Gasteiger partial charge on any atom is -0.0610 e. The Labute approximate surface area is 290 Å². The van der Waals surface area contributed by atoms with Gasteiger partial charge in [-0.15, -0.1) is 0 Å². The maximum Gasteiger partial charge on any atom is -0.00206 e. The second-order valence-electron chi connectivity index (χ2n) is 13.7. The van der Waals surface area contributed by atoms with Crippen molar-refractivity contribution >= 4 is 64.6 Å². The molecule has 0 aliphatic carbocycles. The van der Waals surface area contributed by atoms with Gasteiger partial charge in [0.15, 0.2) is 0 Å². The molecule has 230 valence electrons. The van der Waals surface area contributed by atoms with Gasteiger partial charge in [0.25, 0.3) is 0 Å². The first-order valence-corrected chi connectivity index (χ1v) is 17.4. The van der Waals surface area contributed by atoms with Gasteiger partial charge in [0.1, 0.15) is 0 Å². The standard InChI is InChI=1S/C50H30/c1-4-35-18-20-39-22-26-43(45-28-24-37(6-1)47(35)49(39)45)33-14-10-31(11-15-33)41-8-3-9-42(30-41)32-12-16-34(17-13-32)44-27-23-40-21-19-36-5-2-7-38-25-29-46(44)50(40)48(36)38/h1-30H. The number of hydrogen-bond acceptors (Lipinski definition) is 0. The van der Waals surface area contributed by atoms with Crippen LogP contribution < -0.4 is 0 Å². The van der Waals surface area contributed by atoms with Crippen molar-refractivity contribution in [3.8, 4) is 44.5 Å². The Morgan fingerprint density at radius 2 is 0.520 bits per heavy atom. The summed E-state index contributed by atoms with van der Waals surface area (Å²) in [5.74, 6) is 0. The van der Waals surface area contributed by atoms with Gasteiger partial charge in [0.2, 0.25) is 0 Å². The largest absolute Gasteiger partial charge is 0.0610 e. The molecule has 11 aromatic rings. The van der Waals surface area contributed by atoms with Crippen molar-refractivity contribution < 1.29 is 0 Å². The SMILES string of the molecule is c1cc(-c2ccc(-c3ccc4ccc5cccc6ccc3c4c56)cc2)cc(-c2ccc(-c3ccc4ccc5cccc6ccc3c4c56)cc2)c1. The molecule has 0 amide bonds. The van der Waals surface area contributed by atoms with E-state index < -0.39 is 0 Å². The van der Waals surface area contributed by atoms with Crippen molar-refractivity contribution in [3.63, 3.8) is 0 Å². The Kier molecular flexibility index (Phi) is 5.76. The second-order valence-corrected chi connectivity index (χ2v) is 13.7. The second kappa shape index (κ2) is 10.5. The van der Waals surface area contributed by atoms with E-state index in [2.05, 4.69) is 182 Å². The maximum absolute atomic E-state index is 2.32. The van der Waals surface area contributed by atoms with E-state index in [0.29, 0.717) is 0 Å². The highest BCUT2D eigenvalue weighted by atomic mass is 14.2. The molecule has 0 saturated heterocycles. The van der Waals surface area contributed by atoms with Crippen LogP contribution in [0, 0.1) is 0 Å². The van der Waals surface area contributed by atoms with Gasteiger partial charge in [-0.25, -0.2) is 0 Å². The molecule has 0 fully saturated rings. The fourth-order valence-corrected chi connectivity index (χ4v) is 8.54. The number of hydrogen-bond donors (Lipinski definition) is 0. The van der Waals surface area contributed by atoms with E-state index in [1.54, 1.807) is 0 Å². The molecule has 0 unspecified atom stereocenters. The first-order chi connectivity index (χ1) is 24.8. The van der Waals surface area contributed by atoms with Crippen LogP contribution in [0.4, 0.5) is 0 Å². The van der Waals surface area contributed by atoms with Crippen molar-refractivity contribution in [2.45, 2.75) is 0 Å². The van der Waals surface area contributed by atoms with Crippen molar-refractivity contribution in [2.75, 3.05) is 0 Å². The summed E-state index contributed by atoms with van der Waals surface area (Å²) in [4.78, 5) is 0. The lowest BCUT2D eigenvalue weighted by molar-refractivity contribution is 1.58. The summed E-state index contributed by atoms with van der Waals surface area (Å²) in [6.07, 6.45) is 0. The molecule has 0 aromatic heterocycles. The number of benzene rings is 11. The van der Waals surface area contributed by atoms with Crippen molar-refractivity contribution in [3.05, 3.63) is 182 Å². The lowest BCUT2D eigenvalue weighted by atomic mass is 9.89. The van der Waals surface area contributed by atoms with Crippen LogP contribution in [0.3, 0.4) is 0 Å². The average Bonchev–Trinajstić information content (AvgIpc) is 3.19. The zero-order valence-electron chi connectivity index (χ0n) is 27.3. The molecule has 0 radical (unpaired) electrons. The Morgan fingerprint density at radius 1 is 0.200 bits per heavy atom. The van der Waals surface area contributed by atoms with Gasteiger partial charge in [-0.05, 0) is 115 Å². The molecule has 0 aliphatic rings. The summed E-state index contributed by atoms with van der Waals surface area (Å²) in [5.41, 5.74) is 9.93. The number of rotatable bonds is 4. The van der Waals surface area contributed by atoms with E-state index >= 15 is 0 Å². The first kappa shape index (κ1) is 27.5. The van der Waals surface area contributed by atoms with Crippen molar-refractivity contribution in [1.29, 1.82) is 0 Å². The molecule has 0 N–H and O–H groups in total. The van der Waals surface area contributed by atoms with Crippen LogP contribution >= 0.6 is 0 Å². The van der Waals surface area contributed by atoms with Crippen LogP contribution in [0.25, 0.3) is 109 Å². The smallest absolute Gasteiger partial charge is 0.00206 e. The summed E-state index contributed by atoms with van der Waals surface area (Å²) >= 11 is 0. The zero-order chi connectivity index (χ0) is 32.8. The van der Waals surface area contributed by atoms with Gasteiger partial charge in [-0.2, -0.15) is 0 Å². The van der Waals surface area contributed by atoms with Gasteiger partial charge >= 0.3 is 0 Å². The summed E-state index contributed by atoms with van der Waals surface area (Å²) in [6.45, 7) is 0. The predicted molar refractivity (Wildman–Crippen MR) is 216 cm³/mol. The van der Waals surface area contributed by atoms with E-state index in [0.717, 1.165) is 0 Å². The highest BCUT2D eigenvalue weighted by Gasteiger charge is 2.14. The van der Waals surface area contributed by atoms with Crippen LogP contribution in [0.5, 0.6) is 0 Å². The minimum absolute atomic E-state index is 1.22. The highest BCUT2D eigenvalue weighted by molar-refractivity contribution is 6.26. The van der Waals surface area contributed by atoms with Crippen LogP contribution in [0.15, 0.2) is 182 Å². The fraction of sp³-hybridized carbons (Fsp3) is 0. The van der Waals surface area contributed by atoms with Crippen LogP contribution in [0.1, 0.15) is 0 Å². The van der Waals surface area contributed by atoms with E-state index in [-0.39, 0.29) is 0 Å². The molecule has 0 atom stereocenters. The molecular weight excluding hydrogens is 601 g/mol. The molecule has 50 heavy (non-hydrogen) atoms. The predicted octanol–water partition coefficient (Wildman–Crippen LogP) is 14.1. The Bertz CT molecular complexity index is 2820. The molecule has 0 nitrogen and oxygen atoms in total. The first-order valence-electron chi connectivity index (χ1n) is 17.4. The molecule has 11 rings (SSSR count). The van der Waals surface area contributed by atoms with E-state index in [4.69, 9.17) is 0 Å². The van der Waals surface area contributed by atoms with Crippen LogP contribution in [0.2, 0.25) is 0 Å². The third-order valence-electron chi connectivity index (χ3n) is 11.0. The normalized spacial score (nSPS) is 12.0. The summed E-state index contributed by atoms with van der Waals surface area (Å²) in [7, 11) is 0. The summed E-state index contributed by atoms with van der Waals surface area (Å²) < 4.78 is 0. The summed E-state index contributed by atoms with van der Waals surface area (Å²) in [6, 6.07) is 67.5. The van der Waals surface area contributed by atoms with Gasteiger partial charge < -0.3 is 0 Å². The molecule has 0 saturated carbocycles. The van der Waals surface area contributed by atoms with Crippen molar-refractivity contribution in [1.82, 2.24) is 0 Å². The van der Waals surface area contributed by atoms with E-state index in [9.17, 15) is 0 Å². The molecule has 0 bridgehead atoms. The summed E-state index contributed by atoms with van der Waals surface area (Å²) in [5, 5.41) is 15.9. The molecule has 0 heterocycles. The average molecular weight is 631 g/mol. The Morgan fingerprint density at radius 3 is 0.940 bits per heavy atom. The topological polar surface area (TPSA) is 0 Å². The molecule has 11 aromatic carbocycles. The Hall–Kier alpha value is -6.50. The Balaban J connectivity index is 0.927. The quantitative estimate of drug-likeness (QED) is 0.170. The van der Waals surface area contributed by atoms with Crippen molar-refractivity contribution in [2.24, 2.45) is 0 Å². The third kappa shape index (κ3) is 4.06. The minimum atomic E-state index is 1.22.